The molecule has 2 unspecified atom stereocenters. The van der Waals surface area contributed by atoms with Crippen molar-refractivity contribution < 1.29 is 18.3 Å². The summed E-state index contributed by atoms with van der Waals surface area (Å²) in [6.07, 6.45) is 1.22. The second-order valence-electron chi connectivity index (χ2n) is 5.79. The lowest BCUT2D eigenvalue weighted by molar-refractivity contribution is -0.144. The van der Waals surface area contributed by atoms with Crippen molar-refractivity contribution in [3.63, 3.8) is 0 Å². The van der Waals surface area contributed by atoms with Crippen LogP contribution in [0.2, 0.25) is 0 Å². The van der Waals surface area contributed by atoms with Crippen LogP contribution in [-0.4, -0.2) is 55.6 Å². The molecular formula is C14H24F2N2O2. The lowest BCUT2D eigenvalue weighted by Gasteiger charge is -2.38. The summed E-state index contributed by atoms with van der Waals surface area (Å²) in [5.41, 5.74) is 0. The molecule has 4 nitrogen and oxygen atoms in total. The Kier molecular flexibility index (Phi) is 5.72. The van der Waals surface area contributed by atoms with E-state index >= 15 is 0 Å². The molecule has 0 bridgehead atoms. The first-order valence-corrected chi connectivity index (χ1v) is 7.49. The van der Waals surface area contributed by atoms with Crippen LogP contribution in [-0.2, 0) is 9.53 Å². The van der Waals surface area contributed by atoms with Gasteiger partial charge in [-0.15, -0.1) is 0 Å². The number of carbonyl (C=O) groups is 1. The highest BCUT2D eigenvalue weighted by atomic mass is 19.3. The van der Waals surface area contributed by atoms with Gasteiger partial charge in [0.25, 0.3) is 6.43 Å². The van der Waals surface area contributed by atoms with Gasteiger partial charge in [0.05, 0.1) is 13.2 Å². The highest BCUT2D eigenvalue weighted by molar-refractivity contribution is 5.69. The van der Waals surface area contributed by atoms with E-state index in [1.807, 2.05) is 0 Å². The normalized spacial score (nSPS) is 27.8. The summed E-state index contributed by atoms with van der Waals surface area (Å²) in [7, 11) is 0. The number of esters is 1. The largest absolute Gasteiger partial charge is 0.466 e. The van der Waals surface area contributed by atoms with Gasteiger partial charge in [-0.2, -0.15) is 0 Å². The van der Waals surface area contributed by atoms with Gasteiger partial charge >= 0.3 is 5.97 Å². The van der Waals surface area contributed by atoms with Gasteiger partial charge in [0.2, 0.25) is 0 Å². The Morgan fingerprint density at radius 2 is 2.15 bits per heavy atom. The Balaban J connectivity index is 1.84. The molecule has 0 aromatic heterocycles. The number of rotatable bonds is 7. The minimum Gasteiger partial charge on any atom is -0.466 e. The first-order chi connectivity index (χ1) is 9.58. The molecule has 1 N–H and O–H groups in total. The predicted molar refractivity (Wildman–Crippen MR) is 71.7 cm³/mol. The third-order valence-electron chi connectivity index (χ3n) is 3.95. The highest BCUT2D eigenvalue weighted by Gasteiger charge is 2.36. The van der Waals surface area contributed by atoms with Gasteiger partial charge in [-0.25, -0.2) is 8.78 Å². The number of nitrogens with zero attached hydrogens (tertiary/aromatic N) is 1. The monoisotopic (exact) mass is 290 g/mol. The molecule has 1 saturated carbocycles. The second kappa shape index (κ2) is 7.31. The summed E-state index contributed by atoms with van der Waals surface area (Å²) in [4.78, 5) is 13.9. The summed E-state index contributed by atoms with van der Waals surface area (Å²) >= 11 is 0. The quantitative estimate of drug-likeness (QED) is 0.724. The minimum absolute atomic E-state index is 0.0535. The van der Waals surface area contributed by atoms with Crippen molar-refractivity contribution in [3.8, 4) is 0 Å². The molecule has 1 saturated heterocycles. The second-order valence-corrected chi connectivity index (χ2v) is 5.79. The number of carbonyl (C=O) groups excluding carboxylic acids is 1. The van der Waals surface area contributed by atoms with E-state index in [9.17, 15) is 13.6 Å². The zero-order valence-electron chi connectivity index (χ0n) is 12.0. The summed E-state index contributed by atoms with van der Waals surface area (Å²) in [5.74, 6) is 0.0290. The Labute approximate surface area is 118 Å². The maximum Gasteiger partial charge on any atom is 0.306 e. The molecular weight excluding hydrogens is 266 g/mol. The van der Waals surface area contributed by atoms with Crippen molar-refractivity contribution >= 4 is 5.97 Å². The molecule has 0 spiro atoms. The first kappa shape index (κ1) is 15.6. The maximum atomic E-state index is 12.3. The van der Waals surface area contributed by atoms with Crippen LogP contribution in [0.1, 0.15) is 32.6 Å². The molecule has 2 aliphatic rings. The van der Waals surface area contributed by atoms with Gasteiger partial charge in [-0.05, 0) is 32.1 Å². The standard InChI is InChI=1S/C14H24F2N2O2/c1-2-20-14(19)6-10-5-11(17-7-13(15)16)9-18(8-10)12-3-4-12/h10-13,17H,2-9H2,1H3. The van der Waals surface area contributed by atoms with Crippen LogP contribution in [0, 0.1) is 5.92 Å². The topological polar surface area (TPSA) is 41.6 Å². The van der Waals surface area contributed by atoms with Crippen LogP contribution in [0.25, 0.3) is 0 Å². The summed E-state index contributed by atoms with van der Waals surface area (Å²) < 4.78 is 29.6. The summed E-state index contributed by atoms with van der Waals surface area (Å²) in [6, 6.07) is 0.647. The van der Waals surface area contributed by atoms with Crippen LogP contribution >= 0.6 is 0 Å². The van der Waals surface area contributed by atoms with Crippen molar-refractivity contribution in [1.82, 2.24) is 10.2 Å². The van der Waals surface area contributed by atoms with Gasteiger partial charge in [0, 0.05) is 31.6 Å². The smallest absolute Gasteiger partial charge is 0.306 e. The van der Waals surface area contributed by atoms with E-state index in [0.29, 0.717) is 19.1 Å². The number of hydrogen-bond acceptors (Lipinski definition) is 4. The number of alkyl halides is 2. The summed E-state index contributed by atoms with van der Waals surface area (Å²) in [6.45, 7) is 3.62. The van der Waals surface area contributed by atoms with Crippen molar-refractivity contribution in [1.29, 1.82) is 0 Å². The Morgan fingerprint density at radius 1 is 1.40 bits per heavy atom. The van der Waals surface area contributed by atoms with Crippen LogP contribution in [0.4, 0.5) is 8.78 Å². The molecule has 2 fully saturated rings. The fourth-order valence-corrected chi connectivity index (χ4v) is 2.99. The zero-order valence-corrected chi connectivity index (χ0v) is 12.0. The molecule has 0 radical (unpaired) electrons. The molecule has 2 rings (SSSR count). The van der Waals surface area contributed by atoms with E-state index < -0.39 is 6.43 Å². The number of halogens is 2. The number of piperidine rings is 1. The molecule has 116 valence electrons. The first-order valence-electron chi connectivity index (χ1n) is 7.49. The van der Waals surface area contributed by atoms with E-state index in [1.54, 1.807) is 6.92 Å². The van der Waals surface area contributed by atoms with E-state index in [2.05, 4.69) is 10.2 Å². The zero-order chi connectivity index (χ0) is 14.5. The van der Waals surface area contributed by atoms with E-state index in [4.69, 9.17) is 4.74 Å². The molecule has 1 aliphatic carbocycles. The average Bonchev–Trinajstić information content (AvgIpc) is 3.20. The molecule has 0 amide bonds. The van der Waals surface area contributed by atoms with Crippen molar-refractivity contribution in [2.75, 3.05) is 26.2 Å². The number of likely N-dealkylation sites (tertiary alicyclic amines) is 1. The molecule has 2 atom stereocenters. The number of nitrogens with one attached hydrogen (secondary N) is 1. The number of hydrogen-bond donors (Lipinski definition) is 1. The van der Waals surface area contributed by atoms with E-state index in [1.165, 1.54) is 12.8 Å². The maximum absolute atomic E-state index is 12.3. The molecule has 20 heavy (non-hydrogen) atoms. The predicted octanol–water partition coefficient (Wildman–Crippen LogP) is 1.65. The van der Waals surface area contributed by atoms with Gasteiger partial charge in [0.1, 0.15) is 0 Å². The van der Waals surface area contributed by atoms with Crippen LogP contribution in [0.3, 0.4) is 0 Å². The molecule has 0 aromatic carbocycles. The SMILES string of the molecule is CCOC(=O)CC1CC(NCC(F)F)CN(C2CC2)C1. The number of ether oxygens (including phenoxy) is 1. The van der Waals surface area contributed by atoms with Crippen LogP contribution < -0.4 is 5.32 Å². The van der Waals surface area contributed by atoms with E-state index in [0.717, 1.165) is 19.5 Å². The van der Waals surface area contributed by atoms with Gasteiger partial charge in [-0.1, -0.05) is 0 Å². The lowest BCUT2D eigenvalue weighted by Crippen LogP contribution is -2.51. The molecule has 0 aromatic rings. The third kappa shape index (κ3) is 4.98. The van der Waals surface area contributed by atoms with Gasteiger partial charge < -0.3 is 10.1 Å². The molecule has 1 heterocycles. The average molecular weight is 290 g/mol. The van der Waals surface area contributed by atoms with Gasteiger partial charge in [-0.3, -0.25) is 9.69 Å². The molecule has 1 aliphatic heterocycles. The van der Waals surface area contributed by atoms with E-state index in [-0.39, 0.29) is 24.5 Å². The van der Waals surface area contributed by atoms with Crippen molar-refractivity contribution in [2.24, 2.45) is 5.92 Å². The third-order valence-corrected chi connectivity index (χ3v) is 3.95. The van der Waals surface area contributed by atoms with Crippen LogP contribution in [0.5, 0.6) is 0 Å². The molecule has 6 heteroatoms. The lowest BCUT2D eigenvalue weighted by atomic mass is 9.91. The Bertz CT molecular complexity index is 324. The summed E-state index contributed by atoms with van der Waals surface area (Å²) in [5, 5.41) is 2.93. The van der Waals surface area contributed by atoms with Crippen LogP contribution in [0.15, 0.2) is 0 Å². The Morgan fingerprint density at radius 3 is 2.75 bits per heavy atom. The fraction of sp³-hybridized carbons (Fsp3) is 0.929. The van der Waals surface area contributed by atoms with Crippen molar-refractivity contribution in [3.05, 3.63) is 0 Å². The Hall–Kier alpha value is -0.750. The van der Waals surface area contributed by atoms with Gasteiger partial charge in [0.15, 0.2) is 0 Å². The minimum atomic E-state index is -2.32. The highest BCUT2D eigenvalue weighted by Crippen LogP contribution is 2.32. The van der Waals surface area contributed by atoms with Crippen molar-refractivity contribution in [2.45, 2.75) is 51.1 Å². The fourth-order valence-electron chi connectivity index (χ4n) is 2.99.